The number of carbonyl (C=O) groups excluding carboxylic acids is 2. The fourth-order valence-corrected chi connectivity index (χ4v) is 5.12. The standard InChI is InChI=1S/C24H29N3O4/c1-16-21-19(14-23(2,3)15-20(21)28)27(25-16)18-6-4-17(5-7-18)22(29)26-10-8-24(9-11-26)30-12-13-31-24/h4-7H,8-15H2,1-3H3. The third kappa shape index (κ3) is 3.59. The molecule has 0 radical (unpaired) electrons. The number of nitrogens with zero attached hydrogens (tertiary/aromatic N) is 3. The Morgan fingerprint density at radius 3 is 2.32 bits per heavy atom. The molecule has 2 fully saturated rings. The highest BCUT2D eigenvalue weighted by Gasteiger charge is 2.41. The molecule has 0 bridgehead atoms. The van der Waals surface area contributed by atoms with Crippen molar-refractivity contribution in [2.24, 2.45) is 5.41 Å². The Labute approximate surface area is 182 Å². The zero-order chi connectivity index (χ0) is 21.8. The van der Waals surface area contributed by atoms with Gasteiger partial charge in [0.15, 0.2) is 11.6 Å². The van der Waals surface area contributed by atoms with Gasteiger partial charge in [0.05, 0.1) is 35.9 Å². The molecular formula is C24H29N3O4. The van der Waals surface area contributed by atoms with Gasteiger partial charge in [-0.2, -0.15) is 5.10 Å². The summed E-state index contributed by atoms with van der Waals surface area (Å²) in [4.78, 5) is 27.5. The van der Waals surface area contributed by atoms with Crippen molar-refractivity contribution in [3.05, 3.63) is 46.8 Å². The Morgan fingerprint density at radius 2 is 1.68 bits per heavy atom. The largest absolute Gasteiger partial charge is 0.347 e. The lowest BCUT2D eigenvalue weighted by Gasteiger charge is -2.37. The number of ether oxygens (including phenoxy) is 2. The number of carbonyl (C=O) groups is 2. The van der Waals surface area contributed by atoms with Crippen LogP contribution in [0.2, 0.25) is 0 Å². The maximum absolute atomic E-state index is 13.0. The second kappa shape index (κ2) is 7.28. The Hall–Kier alpha value is -2.51. The predicted octanol–water partition coefficient (Wildman–Crippen LogP) is 3.31. The molecule has 164 valence electrons. The molecule has 5 rings (SSSR count). The summed E-state index contributed by atoms with van der Waals surface area (Å²) in [6, 6.07) is 7.54. The highest BCUT2D eigenvalue weighted by Crippen LogP contribution is 2.37. The highest BCUT2D eigenvalue weighted by molar-refractivity contribution is 6.00. The molecule has 2 aromatic rings. The number of rotatable bonds is 2. The zero-order valence-corrected chi connectivity index (χ0v) is 18.4. The number of amides is 1. The van der Waals surface area contributed by atoms with Gasteiger partial charge in [-0.15, -0.1) is 0 Å². The van der Waals surface area contributed by atoms with E-state index in [-0.39, 0.29) is 17.1 Å². The Morgan fingerprint density at radius 1 is 1.03 bits per heavy atom. The maximum atomic E-state index is 13.0. The quantitative estimate of drug-likeness (QED) is 0.741. The first-order valence-electron chi connectivity index (χ1n) is 11.1. The van der Waals surface area contributed by atoms with E-state index in [9.17, 15) is 9.59 Å². The lowest BCUT2D eigenvalue weighted by Crippen LogP contribution is -2.47. The fraction of sp³-hybridized carbons (Fsp3) is 0.542. The average molecular weight is 424 g/mol. The minimum Gasteiger partial charge on any atom is -0.347 e. The summed E-state index contributed by atoms with van der Waals surface area (Å²) in [5.41, 5.74) is 3.95. The summed E-state index contributed by atoms with van der Waals surface area (Å²) >= 11 is 0. The topological polar surface area (TPSA) is 73.7 Å². The normalized spacial score (nSPS) is 22.0. The molecule has 0 saturated carbocycles. The van der Waals surface area contributed by atoms with Crippen LogP contribution in [0.5, 0.6) is 0 Å². The number of Topliss-reactive ketones (excluding diaryl/α,β-unsaturated/α-hetero) is 1. The second-order valence-corrected chi connectivity index (χ2v) is 9.71. The van der Waals surface area contributed by atoms with Gasteiger partial charge in [0.2, 0.25) is 0 Å². The minimum atomic E-state index is -0.483. The monoisotopic (exact) mass is 423 g/mol. The van der Waals surface area contributed by atoms with Gasteiger partial charge in [-0.25, -0.2) is 4.68 Å². The molecule has 1 spiro atoms. The van der Waals surface area contributed by atoms with Gasteiger partial charge in [0.25, 0.3) is 5.91 Å². The molecule has 3 heterocycles. The summed E-state index contributed by atoms with van der Waals surface area (Å²) in [5.74, 6) is -0.294. The van der Waals surface area contributed by atoms with Gasteiger partial charge in [-0.05, 0) is 43.0 Å². The lowest BCUT2D eigenvalue weighted by molar-refractivity contribution is -0.181. The van der Waals surface area contributed by atoms with E-state index >= 15 is 0 Å². The number of aromatic nitrogens is 2. The van der Waals surface area contributed by atoms with Crippen LogP contribution in [0.4, 0.5) is 0 Å². The fourth-order valence-electron chi connectivity index (χ4n) is 5.12. The number of fused-ring (bicyclic) bond motifs is 1. The summed E-state index contributed by atoms with van der Waals surface area (Å²) in [7, 11) is 0. The first-order valence-corrected chi connectivity index (χ1v) is 11.1. The van der Waals surface area contributed by atoms with Crippen molar-refractivity contribution in [2.45, 2.75) is 52.2 Å². The van der Waals surface area contributed by atoms with Gasteiger partial charge >= 0.3 is 0 Å². The predicted molar refractivity (Wildman–Crippen MR) is 115 cm³/mol. The average Bonchev–Trinajstić information content (AvgIpc) is 3.32. The number of ketones is 1. The molecule has 1 amide bonds. The molecule has 1 aromatic carbocycles. The van der Waals surface area contributed by atoms with Crippen molar-refractivity contribution < 1.29 is 19.1 Å². The van der Waals surface area contributed by atoms with Crippen LogP contribution in [0.15, 0.2) is 24.3 Å². The van der Waals surface area contributed by atoms with Crippen LogP contribution < -0.4 is 0 Å². The van der Waals surface area contributed by atoms with Gasteiger partial charge in [-0.1, -0.05) is 13.8 Å². The number of hydrogen-bond donors (Lipinski definition) is 0. The van der Waals surface area contributed by atoms with E-state index in [2.05, 4.69) is 18.9 Å². The van der Waals surface area contributed by atoms with Gasteiger partial charge in [-0.3, -0.25) is 9.59 Å². The molecule has 0 N–H and O–H groups in total. The second-order valence-electron chi connectivity index (χ2n) is 9.71. The molecule has 7 nitrogen and oxygen atoms in total. The van der Waals surface area contributed by atoms with E-state index in [1.54, 1.807) is 0 Å². The van der Waals surface area contributed by atoms with Crippen LogP contribution in [-0.2, 0) is 15.9 Å². The van der Waals surface area contributed by atoms with Crippen LogP contribution in [0.1, 0.15) is 65.2 Å². The van der Waals surface area contributed by atoms with E-state index in [0.717, 1.165) is 29.1 Å². The number of piperidine rings is 1. The maximum Gasteiger partial charge on any atom is 0.253 e. The summed E-state index contributed by atoms with van der Waals surface area (Å²) in [6.45, 7) is 8.65. The summed E-state index contributed by atoms with van der Waals surface area (Å²) in [5, 5.41) is 4.66. The van der Waals surface area contributed by atoms with Crippen molar-refractivity contribution in [2.75, 3.05) is 26.3 Å². The van der Waals surface area contributed by atoms with Crippen molar-refractivity contribution in [1.82, 2.24) is 14.7 Å². The molecule has 2 aliphatic heterocycles. The number of likely N-dealkylation sites (tertiary alicyclic amines) is 1. The van der Waals surface area contributed by atoms with Gasteiger partial charge < -0.3 is 14.4 Å². The molecular weight excluding hydrogens is 394 g/mol. The Bertz CT molecular complexity index is 1020. The molecule has 7 heteroatoms. The summed E-state index contributed by atoms with van der Waals surface area (Å²) in [6.07, 6.45) is 2.76. The van der Waals surface area contributed by atoms with Crippen LogP contribution in [0.25, 0.3) is 5.69 Å². The van der Waals surface area contributed by atoms with Crippen molar-refractivity contribution in [3.63, 3.8) is 0 Å². The first-order chi connectivity index (χ1) is 14.8. The molecule has 31 heavy (non-hydrogen) atoms. The molecule has 0 atom stereocenters. The molecule has 0 unspecified atom stereocenters. The number of aryl methyl sites for hydroxylation is 1. The third-order valence-electron chi connectivity index (χ3n) is 6.70. The molecule has 2 saturated heterocycles. The minimum absolute atomic E-state index is 0.0226. The smallest absolute Gasteiger partial charge is 0.253 e. The number of benzene rings is 1. The van der Waals surface area contributed by atoms with Gasteiger partial charge in [0, 0.05) is 37.9 Å². The van der Waals surface area contributed by atoms with Crippen molar-refractivity contribution in [3.8, 4) is 5.69 Å². The Balaban J connectivity index is 1.35. The SMILES string of the molecule is Cc1nn(-c2ccc(C(=O)N3CCC4(CC3)OCCO4)cc2)c2c1C(=O)CC(C)(C)C2. The molecule has 3 aliphatic rings. The van der Waals surface area contributed by atoms with Crippen LogP contribution in [0.3, 0.4) is 0 Å². The van der Waals surface area contributed by atoms with Crippen LogP contribution >= 0.6 is 0 Å². The van der Waals surface area contributed by atoms with E-state index in [1.165, 1.54) is 0 Å². The summed E-state index contributed by atoms with van der Waals surface area (Å²) < 4.78 is 13.4. The Kier molecular flexibility index (Phi) is 4.79. The molecule has 1 aromatic heterocycles. The van der Waals surface area contributed by atoms with Gasteiger partial charge in [0.1, 0.15) is 0 Å². The van der Waals surface area contributed by atoms with Crippen LogP contribution in [0, 0.1) is 12.3 Å². The van der Waals surface area contributed by atoms with Crippen molar-refractivity contribution >= 4 is 11.7 Å². The van der Waals surface area contributed by atoms with E-state index in [0.29, 0.717) is 51.1 Å². The van der Waals surface area contributed by atoms with E-state index in [1.807, 2.05) is 40.8 Å². The van der Waals surface area contributed by atoms with Crippen LogP contribution in [-0.4, -0.2) is 58.5 Å². The molecule has 1 aliphatic carbocycles. The van der Waals surface area contributed by atoms with E-state index in [4.69, 9.17) is 9.47 Å². The first kappa shape index (κ1) is 20.4. The lowest BCUT2D eigenvalue weighted by atomic mass is 9.75. The van der Waals surface area contributed by atoms with E-state index < -0.39 is 5.79 Å². The zero-order valence-electron chi connectivity index (χ0n) is 18.4. The highest BCUT2D eigenvalue weighted by atomic mass is 16.7. The number of hydrogen-bond acceptors (Lipinski definition) is 5. The third-order valence-corrected chi connectivity index (χ3v) is 6.70. The van der Waals surface area contributed by atoms with Crippen molar-refractivity contribution in [1.29, 1.82) is 0 Å².